The Labute approximate surface area is 260 Å². The van der Waals surface area contributed by atoms with Crippen LogP contribution in [0.2, 0.25) is 0 Å². The summed E-state index contributed by atoms with van der Waals surface area (Å²) in [5.74, 6) is 1.78. The number of aryl methyl sites for hydroxylation is 1. The van der Waals surface area contributed by atoms with Gasteiger partial charge in [-0.2, -0.15) is 18.9 Å². The molecule has 1 amide bonds. The second kappa shape index (κ2) is 15.4. The van der Waals surface area contributed by atoms with Gasteiger partial charge in [0.15, 0.2) is 0 Å². The molecule has 2 aromatic carbocycles. The molecule has 8 heteroatoms. The van der Waals surface area contributed by atoms with Crippen molar-refractivity contribution in [2.45, 2.75) is 32.6 Å². The molecule has 0 atom stereocenters. The maximum Gasteiger partial charge on any atom is 1.00 e. The van der Waals surface area contributed by atoms with Crippen molar-refractivity contribution in [3.05, 3.63) is 64.8 Å². The van der Waals surface area contributed by atoms with Crippen molar-refractivity contribution in [3.63, 3.8) is 0 Å². The molecule has 35 heavy (non-hydrogen) atoms. The van der Waals surface area contributed by atoms with Crippen molar-refractivity contribution < 1.29 is 65.7 Å². The van der Waals surface area contributed by atoms with Crippen LogP contribution in [0.1, 0.15) is 42.4 Å². The zero-order valence-electron chi connectivity index (χ0n) is 20.9. The molecule has 1 saturated heterocycles. The first kappa shape index (κ1) is 30.4. The van der Waals surface area contributed by atoms with E-state index < -0.39 is 0 Å². The van der Waals surface area contributed by atoms with Crippen molar-refractivity contribution in [2.24, 2.45) is 11.8 Å². The molecule has 0 aromatic heterocycles. The molecule has 0 unspecified atom stereocenters. The van der Waals surface area contributed by atoms with Crippen molar-refractivity contribution in [3.8, 4) is 5.75 Å². The number of carbonyl (C=O) groups is 1. The van der Waals surface area contributed by atoms with E-state index in [1.54, 1.807) is 13.2 Å². The number of carbonyl (C=O) groups excluding carboxylic acids is 2. The first-order valence-electron chi connectivity index (χ1n) is 11.7. The summed E-state index contributed by atoms with van der Waals surface area (Å²) in [5, 5.41) is 9.51. The minimum atomic E-state index is 0. The zero-order chi connectivity index (χ0) is 24.5. The predicted molar refractivity (Wildman–Crippen MR) is 141 cm³/mol. The largest absolute Gasteiger partial charge is 1.00 e. The molecule has 184 valence electrons. The number of methoxy groups -OCH3 is 1. The average molecular weight is 567 g/mol. The summed E-state index contributed by atoms with van der Waals surface area (Å²) >= 11 is 3.38. The molecule has 2 fully saturated rings. The van der Waals surface area contributed by atoms with Gasteiger partial charge in [-0.15, -0.1) is 26.5 Å². The Balaban J connectivity index is 0.000000241. The molecule has 0 spiro atoms. The summed E-state index contributed by atoms with van der Waals surface area (Å²) in [4.78, 5) is 22.8. The molecule has 0 radical (unpaired) electrons. The summed E-state index contributed by atoms with van der Waals surface area (Å²) in [6.45, 7) is 8.85. The van der Waals surface area contributed by atoms with Gasteiger partial charge < -0.3 is 31.9 Å². The number of halogens is 1. The number of ether oxygens (including phenoxy) is 1. The number of hydrogen-bond acceptors (Lipinski definition) is 5. The number of hydrogen-bond donors (Lipinski definition) is 3. The van der Waals surface area contributed by atoms with E-state index in [-0.39, 0.29) is 63.2 Å². The van der Waals surface area contributed by atoms with Crippen molar-refractivity contribution in [1.82, 2.24) is 5.32 Å². The van der Waals surface area contributed by atoms with Gasteiger partial charge in [0.2, 0.25) is 5.91 Å². The molecular weight excluding hydrogens is 533 g/mol. The molecule has 2 aromatic rings. The van der Waals surface area contributed by atoms with E-state index in [1.807, 2.05) is 37.5 Å². The monoisotopic (exact) mass is 565 g/mol. The summed E-state index contributed by atoms with van der Waals surface area (Å²) < 4.78 is 6.09. The van der Waals surface area contributed by atoms with Gasteiger partial charge in [-0.3, -0.25) is 22.8 Å². The van der Waals surface area contributed by atoms with Crippen LogP contribution in [0.15, 0.2) is 34.8 Å². The number of amides is 1. The van der Waals surface area contributed by atoms with Crippen molar-refractivity contribution in [1.29, 1.82) is 0 Å². The second-order valence-electron chi connectivity index (χ2n) is 8.81. The van der Waals surface area contributed by atoms with E-state index in [0.717, 1.165) is 72.5 Å². The SMILES string of the molecule is COc1cc(NC(=O)C2CC[CH-]CC2)ccc1C.[CH2-]c1c(Br)cc(NCC2CNC2)cc1[C-]=O.[K+]. The zero-order valence-corrected chi connectivity index (χ0v) is 25.6. The van der Waals surface area contributed by atoms with Gasteiger partial charge in [-0.25, -0.2) is 0 Å². The fourth-order valence-electron chi connectivity index (χ4n) is 3.92. The van der Waals surface area contributed by atoms with Crippen LogP contribution in [-0.4, -0.2) is 38.9 Å². The van der Waals surface area contributed by atoms with Crippen LogP contribution in [0.4, 0.5) is 11.4 Å². The van der Waals surface area contributed by atoms with E-state index in [0.29, 0.717) is 17.0 Å². The Morgan fingerprint density at radius 2 is 1.94 bits per heavy atom. The van der Waals surface area contributed by atoms with Crippen LogP contribution in [0.5, 0.6) is 5.75 Å². The molecule has 0 bridgehead atoms. The summed E-state index contributed by atoms with van der Waals surface area (Å²) in [5.41, 5.74) is 4.01. The van der Waals surface area contributed by atoms with Gasteiger partial charge >= 0.3 is 51.4 Å². The fraction of sp³-hybridized carbons (Fsp3) is 0.407. The van der Waals surface area contributed by atoms with Gasteiger partial charge in [0.1, 0.15) is 5.75 Å². The Kier molecular flexibility index (Phi) is 13.3. The van der Waals surface area contributed by atoms with Gasteiger partial charge in [-0.1, -0.05) is 18.9 Å². The van der Waals surface area contributed by atoms with Crippen LogP contribution in [0.25, 0.3) is 0 Å². The van der Waals surface area contributed by atoms with Gasteiger partial charge in [-0.05, 0) is 30.5 Å². The van der Waals surface area contributed by atoms with Crippen LogP contribution in [-0.2, 0) is 9.59 Å². The Bertz CT molecular complexity index is 992. The molecule has 4 rings (SSSR count). The first-order valence-corrected chi connectivity index (χ1v) is 12.5. The van der Waals surface area contributed by atoms with Gasteiger partial charge in [0, 0.05) is 43.2 Å². The number of anilines is 2. The van der Waals surface area contributed by atoms with E-state index in [2.05, 4.69) is 45.2 Å². The van der Waals surface area contributed by atoms with Gasteiger partial charge in [0.25, 0.3) is 0 Å². The molecule has 1 aliphatic heterocycles. The molecule has 1 heterocycles. The maximum atomic E-state index is 12.1. The number of benzene rings is 2. The third-order valence-electron chi connectivity index (χ3n) is 6.25. The molecule has 2 aliphatic rings. The normalized spacial score (nSPS) is 15.5. The van der Waals surface area contributed by atoms with Crippen molar-refractivity contribution >= 4 is 39.5 Å². The van der Waals surface area contributed by atoms with E-state index in [4.69, 9.17) is 4.74 Å². The topological polar surface area (TPSA) is 79.5 Å². The predicted octanol–water partition coefficient (Wildman–Crippen LogP) is 2.06. The van der Waals surface area contributed by atoms with Crippen molar-refractivity contribution in [2.75, 3.05) is 37.4 Å². The smallest absolute Gasteiger partial charge is 0.496 e. The third-order valence-corrected chi connectivity index (χ3v) is 6.96. The number of nitrogens with one attached hydrogen (secondary N) is 3. The Morgan fingerprint density at radius 3 is 2.54 bits per heavy atom. The van der Waals surface area contributed by atoms with Gasteiger partial charge in [0.05, 0.1) is 7.11 Å². The molecular formula is C27H33BrKN3O3-2. The first-order chi connectivity index (χ1) is 16.4. The van der Waals surface area contributed by atoms with E-state index in [1.165, 1.54) is 0 Å². The minimum Gasteiger partial charge on any atom is -0.496 e. The summed E-state index contributed by atoms with van der Waals surface area (Å²) in [6, 6.07) is 9.48. The van der Waals surface area contributed by atoms with Crippen LogP contribution in [0, 0.1) is 32.1 Å². The molecule has 6 nitrogen and oxygen atoms in total. The summed E-state index contributed by atoms with van der Waals surface area (Å²) in [6.07, 6.45) is 8.20. The average Bonchev–Trinajstić information content (AvgIpc) is 2.82. The molecule has 1 saturated carbocycles. The van der Waals surface area contributed by atoms with Crippen LogP contribution in [0.3, 0.4) is 0 Å². The second-order valence-corrected chi connectivity index (χ2v) is 9.66. The molecule has 1 aliphatic carbocycles. The van der Waals surface area contributed by atoms with E-state index >= 15 is 0 Å². The fourth-order valence-corrected chi connectivity index (χ4v) is 4.38. The minimum absolute atomic E-state index is 0. The standard InChI is InChI=1S/C15H20NO2.C12H13BrN2O.K/c1-11-8-9-13(10-14(11)18-2)16-15(17)12-6-4-3-5-7-12;1-8-10(7-16)2-11(3-12(8)13)15-6-9-4-14-5-9;/h3,8-10,12H,4-7H2,1-2H3,(H,16,17);2-3,9,14-15H,1,4-6H2;/q-1;-2;+1. The third kappa shape index (κ3) is 9.18. The Hall–Kier alpha value is -0.874. The summed E-state index contributed by atoms with van der Waals surface area (Å²) in [7, 11) is 1.64. The molecule has 3 N–H and O–H groups in total. The quantitative estimate of drug-likeness (QED) is 0.354. The van der Waals surface area contributed by atoms with E-state index in [9.17, 15) is 9.59 Å². The van der Waals surface area contributed by atoms with Crippen LogP contribution >= 0.6 is 15.9 Å². The Morgan fingerprint density at radius 1 is 1.23 bits per heavy atom. The van der Waals surface area contributed by atoms with Crippen LogP contribution < -0.4 is 72.1 Å². The number of rotatable bonds is 7. The maximum absolute atomic E-state index is 12.1.